The van der Waals surface area contributed by atoms with E-state index in [1.54, 1.807) is 6.20 Å². The van der Waals surface area contributed by atoms with Gasteiger partial charge in [0.05, 0.1) is 24.2 Å². The van der Waals surface area contributed by atoms with Crippen molar-refractivity contribution in [2.24, 2.45) is 0 Å². The zero-order valence-corrected chi connectivity index (χ0v) is 18.4. The highest BCUT2D eigenvalue weighted by molar-refractivity contribution is 5.74. The van der Waals surface area contributed by atoms with E-state index in [0.717, 1.165) is 28.3 Å². The molecule has 4 aromatic rings. The fraction of sp³-hybridized carbons (Fsp3) is 0.240. The molecule has 0 bridgehead atoms. The minimum atomic E-state index is -0.278. The van der Waals surface area contributed by atoms with Crippen molar-refractivity contribution in [3.8, 4) is 17.1 Å². The summed E-state index contributed by atoms with van der Waals surface area (Å²) >= 11 is 0. The van der Waals surface area contributed by atoms with Crippen LogP contribution in [-0.2, 0) is 6.54 Å². The van der Waals surface area contributed by atoms with Crippen molar-refractivity contribution < 1.29 is 4.39 Å². The van der Waals surface area contributed by atoms with Crippen molar-refractivity contribution in [3.63, 3.8) is 0 Å². The lowest BCUT2D eigenvalue weighted by atomic mass is 9.96. The van der Waals surface area contributed by atoms with Crippen molar-refractivity contribution in [3.05, 3.63) is 84.1 Å². The van der Waals surface area contributed by atoms with Gasteiger partial charge in [0, 0.05) is 31.5 Å². The zero-order chi connectivity index (χ0) is 22.2. The van der Waals surface area contributed by atoms with Gasteiger partial charge < -0.3 is 9.80 Å². The van der Waals surface area contributed by atoms with E-state index in [9.17, 15) is 4.39 Å². The molecule has 2 aromatic heterocycles. The molecule has 0 N–H and O–H groups in total. The monoisotopic (exact) mass is 428 g/mol. The summed E-state index contributed by atoms with van der Waals surface area (Å²) in [6, 6.07) is 15.1. The fourth-order valence-electron chi connectivity index (χ4n) is 4.14. The third-order valence-electron chi connectivity index (χ3n) is 5.80. The van der Waals surface area contributed by atoms with Gasteiger partial charge in [-0.15, -0.1) is 0 Å². The van der Waals surface area contributed by atoms with Crippen molar-refractivity contribution >= 4 is 11.5 Å². The first-order valence-corrected chi connectivity index (χ1v) is 10.7. The summed E-state index contributed by atoms with van der Waals surface area (Å²) in [4.78, 5) is 13.8. The second-order valence-corrected chi connectivity index (χ2v) is 8.44. The van der Waals surface area contributed by atoms with Crippen molar-refractivity contribution in [2.45, 2.75) is 26.3 Å². The first-order chi connectivity index (χ1) is 15.5. The summed E-state index contributed by atoms with van der Waals surface area (Å²) in [6.45, 7) is 5.62. The van der Waals surface area contributed by atoms with Crippen LogP contribution < -0.4 is 9.80 Å². The molecule has 7 heteroatoms. The van der Waals surface area contributed by atoms with Crippen molar-refractivity contribution in [2.75, 3.05) is 23.5 Å². The van der Waals surface area contributed by atoms with Crippen LogP contribution in [0, 0.1) is 5.82 Å². The minimum Gasteiger partial charge on any atom is -0.353 e. The SMILES string of the molecule is CC(C)c1ccc(F)cc1-c1ncc2c(n1)N(Cc1ccc(-n3cccn3)cc1)CN2C. The Balaban J connectivity index is 1.46. The molecule has 0 saturated heterocycles. The number of hydrogen-bond donors (Lipinski definition) is 0. The maximum absolute atomic E-state index is 14.1. The van der Waals surface area contributed by atoms with E-state index in [0.29, 0.717) is 19.0 Å². The molecular formula is C25H25FN6. The Hall–Kier alpha value is -3.74. The van der Waals surface area contributed by atoms with Crippen LogP contribution in [0.1, 0.15) is 30.9 Å². The molecule has 2 aromatic carbocycles. The summed E-state index contributed by atoms with van der Waals surface area (Å²) in [6.07, 6.45) is 5.54. The lowest BCUT2D eigenvalue weighted by Gasteiger charge is -2.19. The maximum atomic E-state index is 14.1. The van der Waals surface area contributed by atoms with Crippen molar-refractivity contribution in [1.82, 2.24) is 19.7 Å². The van der Waals surface area contributed by atoms with Crippen LogP contribution in [0.25, 0.3) is 17.1 Å². The molecule has 0 radical (unpaired) electrons. The Kier molecular flexibility index (Phi) is 5.09. The molecule has 0 saturated carbocycles. The lowest BCUT2D eigenvalue weighted by Crippen LogP contribution is -2.27. The summed E-state index contributed by atoms with van der Waals surface area (Å²) in [5.41, 5.74) is 4.97. The Bertz CT molecular complexity index is 1230. The Morgan fingerprint density at radius 2 is 1.91 bits per heavy atom. The molecule has 0 atom stereocenters. The van der Waals surface area contributed by atoms with Crippen LogP contribution in [0.3, 0.4) is 0 Å². The largest absolute Gasteiger partial charge is 0.353 e. The molecular weight excluding hydrogens is 403 g/mol. The quantitative estimate of drug-likeness (QED) is 0.447. The van der Waals surface area contributed by atoms with Gasteiger partial charge in [0.15, 0.2) is 11.6 Å². The van der Waals surface area contributed by atoms with Crippen LogP contribution >= 0.6 is 0 Å². The number of nitrogens with zero attached hydrogens (tertiary/aromatic N) is 6. The van der Waals surface area contributed by atoms with Gasteiger partial charge in [0.2, 0.25) is 0 Å². The predicted molar refractivity (Wildman–Crippen MR) is 125 cm³/mol. The normalized spacial score (nSPS) is 13.2. The molecule has 6 nitrogen and oxygen atoms in total. The van der Waals surface area contributed by atoms with Gasteiger partial charge in [0.1, 0.15) is 5.82 Å². The van der Waals surface area contributed by atoms with E-state index in [2.05, 4.69) is 58.0 Å². The van der Waals surface area contributed by atoms with Gasteiger partial charge in [-0.2, -0.15) is 5.10 Å². The standard InChI is InChI=1S/C25H25FN6/c1-17(2)21-10-7-19(26)13-22(21)24-27-14-23-25(29-24)31(16-30(23)3)15-18-5-8-20(9-6-18)32-12-4-11-28-32/h4-14,17H,15-16H2,1-3H3. The van der Waals surface area contributed by atoms with E-state index in [1.807, 2.05) is 36.3 Å². The first kappa shape index (κ1) is 20.2. The van der Waals surface area contributed by atoms with Crippen LogP contribution in [0.2, 0.25) is 0 Å². The van der Waals surface area contributed by atoms with E-state index in [4.69, 9.17) is 4.98 Å². The average Bonchev–Trinajstić information content (AvgIpc) is 3.43. The summed E-state index contributed by atoms with van der Waals surface area (Å²) < 4.78 is 15.9. The summed E-state index contributed by atoms with van der Waals surface area (Å²) in [5, 5.41) is 4.28. The highest BCUT2D eigenvalue weighted by Crippen LogP contribution is 2.36. The molecule has 3 heterocycles. The number of halogens is 1. The van der Waals surface area contributed by atoms with Gasteiger partial charge in [-0.3, -0.25) is 0 Å². The third kappa shape index (κ3) is 3.70. The lowest BCUT2D eigenvalue weighted by molar-refractivity contribution is 0.626. The zero-order valence-electron chi connectivity index (χ0n) is 18.4. The molecule has 0 aliphatic carbocycles. The van der Waals surface area contributed by atoms with Gasteiger partial charge in [-0.25, -0.2) is 19.0 Å². The second kappa shape index (κ2) is 8.07. The molecule has 1 aliphatic rings. The summed E-state index contributed by atoms with van der Waals surface area (Å²) in [5.74, 6) is 1.39. The van der Waals surface area contributed by atoms with E-state index < -0.39 is 0 Å². The number of rotatable bonds is 5. The Morgan fingerprint density at radius 3 is 2.62 bits per heavy atom. The molecule has 0 amide bonds. The van der Waals surface area contributed by atoms with Crippen LogP contribution in [0.4, 0.5) is 15.9 Å². The van der Waals surface area contributed by atoms with E-state index >= 15 is 0 Å². The van der Waals surface area contributed by atoms with Gasteiger partial charge in [-0.05, 0) is 47.4 Å². The molecule has 1 aliphatic heterocycles. The minimum absolute atomic E-state index is 0.245. The molecule has 0 unspecified atom stereocenters. The number of anilines is 2. The Labute approximate surface area is 187 Å². The Morgan fingerprint density at radius 1 is 1.09 bits per heavy atom. The second-order valence-electron chi connectivity index (χ2n) is 8.44. The average molecular weight is 429 g/mol. The van der Waals surface area contributed by atoms with Crippen molar-refractivity contribution in [1.29, 1.82) is 0 Å². The van der Waals surface area contributed by atoms with Crippen LogP contribution in [-0.4, -0.2) is 33.5 Å². The molecule has 5 rings (SSSR count). The van der Waals surface area contributed by atoms with Crippen LogP contribution in [0.15, 0.2) is 67.1 Å². The molecule has 162 valence electrons. The highest BCUT2D eigenvalue weighted by Gasteiger charge is 2.27. The third-order valence-corrected chi connectivity index (χ3v) is 5.80. The predicted octanol–water partition coefficient (Wildman–Crippen LogP) is 5.01. The molecule has 32 heavy (non-hydrogen) atoms. The fourth-order valence-corrected chi connectivity index (χ4v) is 4.14. The number of fused-ring (bicyclic) bond motifs is 1. The van der Waals surface area contributed by atoms with Crippen LogP contribution in [0.5, 0.6) is 0 Å². The maximum Gasteiger partial charge on any atom is 0.162 e. The molecule has 0 spiro atoms. The highest BCUT2D eigenvalue weighted by atomic mass is 19.1. The smallest absolute Gasteiger partial charge is 0.162 e. The van der Waals surface area contributed by atoms with Gasteiger partial charge >= 0.3 is 0 Å². The topological polar surface area (TPSA) is 50.1 Å². The van der Waals surface area contributed by atoms with Gasteiger partial charge in [-0.1, -0.05) is 32.0 Å². The number of hydrogen-bond acceptors (Lipinski definition) is 5. The van der Waals surface area contributed by atoms with Gasteiger partial charge in [0.25, 0.3) is 0 Å². The number of benzene rings is 2. The summed E-state index contributed by atoms with van der Waals surface area (Å²) in [7, 11) is 2.03. The first-order valence-electron chi connectivity index (χ1n) is 10.7. The van der Waals surface area contributed by atoms with E-state index in [-0.39, 0.29) is 11.7 Å². The number of aromatic nitrogens is 4. The van der Waals surface area contributed by atoms with E-state index in [1.165, 1.54) is 17.7 Å². The molecule has 0 fully saturated rings.